The number of amides is 1. The first-order valence-corrected chi connectivity index (χ1v) is 14.0. The minimum Gasteiger partial charge on any atom is -0.394 e. The zero-order valence-corrected chi connectivity index (χ0v) is 22.7. The molecule has 0 fully saturated rings. The summed E-state index contributed by atoms with van der Waals surface area (Å²) in [5, 5.41) is 22.2. The number of hydrogen-bond donors (Lipinski definition) is 3. The molecular weight excluding hydrogens is 611 g/mol. The number of nitrogens with zero attached hydrogens (tertiary/aromatic N) is 2. The van der Waals surface area contributed by atoms with E-state index in [9.17, 15) is 54.2 Å². The molecule has 16 heteroatoms. The Morgan fingerprint density at radius 1 is 1.05 bits per heavy atom. The van der Waals surface area contributed by atoms with Crippen LogP contribution in [-0.4, -0.2) is 54.5 Å². The predicted molar refractivity (Wildman–Crippen MR) is 137 cm³/mol. The average Bonchev–Trinajstić information content (AvgIpc) is 2.94. The van der Waals surface area contributed by atoms with Crippen molar-refractivity contribution < 1.29 is 54.2 Å². The predicted octanol–water partition coefficient (Wildman–Crippen LogP) is 4.28. The fourth-order valence-corrected chi connectivity index (χ4v) is 6.58. The van der Waals surface area contributed by atoms with Gasteiger partial charge in [-0.3, -0.25) is 14.1 Å². The highest BCUT2D eigenvalue weighted by molar-refractivity contribution is 7.92. The number of aliphatic hydroxyl groups is 2. The maximum atomic E-state index is 13.8. The van der Waals surface area contributed by atoms with Gasteiger partial charge < -0.3 is 15.5 Å². The Balaban J connectivity index is 1.76. The summed E-state index contributed by atoms with van der Waals surface area (Å²) in [7, 11) is -4.66. The molecule has 2 unspecified atom stereocenters. The summed E-state index contributed by atoms with van der Waals surface area (Å²) in [6, 6.07) is 6.01. The van der Waals surface area contributed by atoms with Gasteiger partial charge in [0.1, 0.15) is 5.82 Å². The van der Waals surface area contributed by atoms with Gasteiger partial charge in [0.2, 0.25) is 5.91 Å². The Labute approximate surface area is 240 Å². The third kappa shape index (κ3) is 6.17. The number of fused-ring (bicyclic) bond motifs is 1. The number of aryl methyl sites for hydroxylation is 1. The van der Waals surface area contributed by atoms with E-state index >= 15 is 0 Å². The van der Waals surface area contributed by atoms with Crippen LogP contribution in [0.5, 0.6) is 0 Å². The quantitative estimate of drug-likeness (QED) is 0.318. The molecule has 2 aromatic carbocycles. The molecule has 2 atom stereocenters. The third-order valence-corrected chi connectivity index (χ3v) is 8.91. The van der Waals surface area contributed by atoms with Crippen LogP contribution in [-0.2, 0) is 26.8 Å². The minimum atomic E-state index is -6.16. The first-order chi connectivity index (χ1) is 20.0. The molecular formula is C27H24F7N3O5S. The van der Waals surface area contributed by atoms with Crippen LogP contribution >= 0.6 is 0 Å². The van der Waals surface area contributed by atoms with Crippen LogP contribution in [0.1, 0.15) is 35.6 Å². The van der Waals surface area contributed by atoms with Crippen LogP contribution in [0, 0.1) is 5.82 Å². The fraction of sp³-hybridized carbons (Fsp3) is 0.333. The monoisotopic (exact) mass is 635 g/mol. The van der Waals surface area contributed by atoms with Gasteiger partial charge in [-0.25, -0.2) is 12.8 Å². The summed E-state index contributed by atoms with van der Waals surface area (Å²) in [5.41, 5.74) is -6.95. The van der Waals surface area contributed by atoms with Crippen LogP contribution < -0.4 is 9.62 Å². The van der Waals surface area contributed by atoms with E-state index in [0.717, 1.165) is 24.3 Å². The summed E-state index contributed by atoms with van der Waals surface area (Å²) in [5.74, 6) is -1.50. The molecule has 4 rings (SSSR count). The molecule has 0 aliphatic carbocycles. The first kappa shape index (κ1) is 32.2. The molecule has 0 saturated heterocycles. The SMILES string of the molecule is O=C(CC1CCc2cc(C(O)(C(F)(F)F)C(F)(F)F)ccc2N1S(=O)(=O)c1ccc(F)cc1)NC(CO)c1cccnc1. The lowest BCUT2D eigenvalue weighted by molar-refractivity contribution is -0.376. The van der Waals surface area contributed by atoms with Crippen molar-refractivity contribution in [2.45, 2.75) is 54.2 Å². The van der Waals surface area contributed by atoms with Crippen molar-refractivity contribution in [3.8, 4) is 0 Å². The fourth-order valence-electron chi connectivity index (χ4n) is 4.86. The number of aliphatic hydroxyl groups excluding tert-OH is 1. The minimum absolute atomic E-state index is 0.225. The molecule has 43 heavy (non-hydrogen) atoms. The molecule has 1 aliphatic rings. The molecule has 0 spiro atoms. The number of rotatable bonds is 8. The number of carbonyl (C=O) groups is 1. The number of carbonyl (C=O) groups excluding carboxylic acids is 1. The molecule has 8 nitrogen and oxygen atoms in total. The van der Waals surface area contributed by atoms with E-state index in [-0.39, 0.29) is 24.1 Å². The van der Waals surface area contributed by atoms with Gasteiger partial charge in [-0.2, -0.15) is 26.3 Å². The van der Waals surface area contributed by atoms with Crippen molar-refractivity contribution >= 4 is 21.6 Å². The maximum absolute atomic E-state index is 13.8. The Bertz CT molecular complexity index is 1550. The average molecular weight is 636 g/mol. The van der Waals surface area contributed by atoms with Crippen molar-refractivity contribution in [1.82, 2.24) is 10.3 Å². The first-order valence-electron chi connectivity index (χ1n) is 12.6. The number of anilines is 1. The molecule has 1 amide bonds. The van der Waals surface area contributed by atoms with Crippen molar-refractivity contribution in [2.24, 2.45) is 0 Å². The van der Waals surface area contributed by atoms with Gasteiger partial charge in [-0.1, -0.05) is 18.2 Å². The zero-order valence-electron chi connectivity index (χ0n) is 21.9. The molecule has 232 valence electrons. The number of hydrogen-bond acceptors (Lipinski definition) is 6. The highest BCUT2D eigenvalue weighted by Crippen LogP contribution is 2.51. The molecule has 3 N–H and O–H groups in total. The Kier molecular flexibility index (Phi) is 8.77. The molecule has 1 aromatic heterocycles. The van der Waals surface area contributed by atoms with Gasteiger partial charge in [0, 0.05) is 24.4 Å². The molecule has 0 saturated carbocycles. The van der Waals surface area contributed by atoms with Crippen molar-refractivity contribution in [2.75, 3.05) is 10.9 Å². The van der Waals surface area contributed by atoms with E-state index in [1.807, 2.05) is 0 Å². The number of nitrogens with one attached hydrogen (secondary N) is 1. The van der Waals surface area contributed by atoms with Crippen LogP contribution in [0.3, 0.4) is 0 Å². The Morgan fingerprint density at radius 3 is 2.26 bits per heavy atom. The topological polar surface area (TPSA) is 120 Å². The van der Waals surface area contributed by atoms with Crippen molar-refractivity contribution in [3.05, 3.63) is 89.5 Å². The normalized spacial score (nSPS) is 16.9. The second kappa shape index (κ2) is 11.7. The highest BCUT2D eigenvalue weighted by Gasteiger charge is 2.71. The Hall–Kier alpha value is -3.76. The number of aromatic nitrogens is 1. The second-order valence-electron chi connectivity index (χ2n) is 9.79. The summed E-state index contributed by atoms with van der Waals surface area (Å²) in [4.78, 5) is 16.5. The molecule has 1 aliphatic heterocycles. The van der Waals surface area contributed by atoms with E-state index in [4.69, 9.17) is 0 Å². The summed E-state index contributed by atoms with van der Waals surface area (Å²) >= 11 is 0. The smallest absolute Gasteiger partial charge is 0.394 e. The van der Waals surface area contributed by atoms with E-state index in [2.05, 4.69) is 10.3 Å². The number of sulfonamides is 1. The van der Waals surface area contributed by atoms with Crippen LogP contribution in [0.4, 0.5) is 36.4 Å². The van der Waals surface area contributed by atoms with Crippen LogP contribution in [0.15, 0.2) is 71.9 Å². The summed E-state index contributed by atoms with van der Waals surface area (Å²) in [6.07, 6.45) is -10.5. The van der Waals surface area contributed by atoms with Gasteiger partial charge in [-0.15, -0.1) is 0 Å². The second-order valence-corrected chi connectivity index (χ2v) is 11.6. The molecule has 3 aromatic rings. The van der Waals surface area contributed by atoms with Crippen molar-refractivity contribution in [1.29, 1.82) is 0 Å². The van der Waals surface area contributed by atoms with E-state index in [1.165, 1.54) is 12.4 Å². The Morgan fingerprint density at radius 2 is 1.70 bits per heavy atom. The van der Waals surface area contributed by atoms with Crippen LogP contribution in [0.2, 0.25) is 0 Å². The van der Waals surface area contributed by atoms with E-state index in [1.54, 1.807) is 12.1 Å². The van der Waals surface area contributed by atoms with Gasteiger partial charge in [-0.05, 0) is 60.4 Å². The lowest BCUT2D eigenvalue weighted by atomic mass is 9.87. The van der Waals surface area contributed by atoms with E-state index in [0.29, 0.717) is 28.1 Å². The lowest BCUT2D eigenvalue weighted by Gasteiger charge is -2.39. The summed E-state index contributed by atoms with van der Waals surface area (Å²) in [6.45, 7) is -0.535. The lowest BCUT2D eigenvalue weighted by Crippen LogP contribution is -2.54. The summed E-state index contributed by atoms with van der Waals surface area (Å²) < 4.78 is 123. The van der Waals surface area contributed by atoms with E-state index < -0.39 is 75.3 Å². The van der Waals surface area contributed by atoms with Gasteiger partial charge >= 0.3 is 12.4 Å². The number of pyridine rings is 1. The standard InChI is InChI=1S/C27H24F7N3O5S/c28-19-5-8-21(9-6-19)43(41,42)37-20(13-24(39)36-22(15-38)17-2-1-11-35-14-17)7-3-16-12-18(4-10-23(16)37)25(40,26(29,30)31)27(32,33)34/h1-2,4-6,8-12,14,20,22,38,40H,3,7,13,15H2,(H,36,39). The maximum Gasteiger partial charge on any atom is 0.430 e. The van der Waals surface area contributed by atoms with Crippen molar-refractivity contribution in [3.63, 3.8) is 0 Å². The zero-order chi connectivity index (χ0) is 31.8. The number of benzene rings is 2. The third-order valence-electron chi connectivity index (χ3n) is 7.03. The number of alkyl halides is 6. The van der Waals surface area contributed by atoms with Gasteiger partial charge in [0.25, 0.3) is 15.6 Å². The highest BCUT2D eigenvalue weighted by atomic mass is 32.2. The number of halogens is 7. The van der Waals surface area contributed by atoms with Gasteiger partial charge in [0.05, 0.1) is 29.3 Å². The molecule has 2 heterocycles. The van der Waals surface area contributed by atoms with Crippen LogP contribution in [0.25, 0.3) is 0 Å². The molecule has 0 radical (unpaired) electrons. The largest absolute Gasteiger partial charge is 0.430 e. The van der Waals surface area contributed by atoms with Gasteiger partial charge in [0.15, 0.2) is 0 Å². The molecule has 0 bridgehead atoms.